The van der Waals surface area contributed by atoms with Gasteiger partial charge in [-0.05, 0) is 74.3 Å². The lowest BCUT2D eigenvalue weighted by Gasteiger charge is -2.56. The molecule has 4 aliphatic carbocycles. The Morgan fingerprint density at radius 2 is 1.55 bits per heavy atom. The molecule has 33 heavy (non-hydrogen) atoms. The van der Waals surface area contributed by atoms with E-state index in [4.69, 9.17) is 23.2 Å². The number of carbonyl (C=O) groups excluding carboxylic acids is 3. The Labute approximate surface area is 205 Å². The second kappa shape index (κ2) is 9.46. The van der Waals surface area contributed by atoms with Gasteiger partial charge in [0.05, 0.1) is 22.3 Å². The van der Waals surface area contributed by atoms with Crippen LogP contribution in [-0.2, 0) is 14.4 Å². The lowest BCUT2D eigenvalue weighted by molar-refractivity contribution is -0.150. The molecule has 2 N–H and O–H groups in total. The van der Waals surface area contributed by atoms with Gasteiger partial charge < -0.3 is 15.5 Å². The number of hydrogen-bond acceptors (Lipinski definition) is 3. The third-order valence-electron chi connectivity index (χ3n) is 7.72. The highest BCUT2D eigenvalue weighted by atomic mass is 35.5. The van der Waals surface area contributed by atoms with E-state index in [1.54, 1.807) is 25.2 Å². The van der Waals surface area contributed by atoms with Crippen LogP contribution in [0.4, 0.5) is 5.69 Å². The molecule has 3 amide bonds. The molecule has 4 bridgehead atoms. The van der Waals surface area contributed by atoms with Gasteiger partial charge in [-0.1, -0.05) is 43.1 Å². The molecule has 1 atom stereocenters. The SMILES string of the molecule is CC(C)C(NC(=O)C12CC3CC(CC(C3)C1)C2)C(=O)N(C)CC(=O)Nc1c(Cl)cccc1Cl. The molecule has 0 aliphatic heterocycles. The van der Waals surface area contributed by atoms with Crippen LogP contribution in [0.1, 0.15) is 52.4 Å². The van der Waals surface area contributed by atoms with Crippen LogP contribution in [0, 0.1) is 29.1 Å². The predicted octanol–water partition coefficient (Wildman–Crippen LogP) is 4.75. The molecule has 8 heteroatoms. The average molecular weight is 494 g/mol. The van der Waals surface area contributed by atoms with Gasteiger partial charge in [0.1, 0.15) is 6.04 Å². The van der Waals surface area contributed by atoms with Crippen molar-refractivity contribution in [3.05, 3.63) is 28.2 Å². The Morgan fingerprint density at radius 1 is 1.03 bits per heavy atom. The van der Waals surface area contributed by atoms with Crippen molar-refractivity contribution in [3.63, 3.8) is 0 Å². The Kier molecular flexibility index (Phi) is 6.97. The standard InChI is InChI=1S/C25H33Cl2N3O3/c1-14(2)21(29-24(33)25-10-15-7-16(11-25)9-17(8-15)12-25)23(32)30(3)13-20(31)28-22-18(26)5-4-6-19(22)27/h4-6,14-17,21H,7-13H2,1-3H3,(H,28,31)(H,29,33). The number of likely N-dealkylation sites (N-methyl/N-ethyl adjacent to an activating group) is 1. The van der Waals surface area contributed by atoms with Crippen LogP contribution in [0.2, 0.25) is 10.0 Å². The third-order valence-corrected chi connectivity index (χ3v) is 8.35. The van der Waals surface area contributed by atoms with E-state index in [2.05, 4.69) is 10.6 Å². The van der Waals surface area contributed by atoms with E-state index in [-0.39, 0.29) is 29.7 Å². The van der Waals surface area contributed by atoms with Crippen LogP contribution in [0.5, 0.6) is 0 Å². The van der Waals surface area contributed by atoms with Crippen LogP contribution in [0.15, 0.2) is 18.2 Å². The fourth-order valence-electron chi connectivity index (χ4n) is 6.52. The summed E-state index contributed by atoms with van der Waals surface area (Å²) < 4.78 is 0. The number of anilines is 1. The van der Waals surface area contributed by atoms with E-state index < -0.39 is 11.9 Å². The van der Waals surface area contributed by atoms with Crippen molar-refractivity contribution in [1.82, 2.24) is 10.2 Å². The van der Waals surface area contributed by atoms with Gasteiger partial charge in [-0.3, -0.25) is 14.4 Å². The molecule has 0 aromatic heterocycles. The van der Waals surface area contributed by atoms with Crippen LogP contribution in [0.25, 0.3) is 0 Å². The topological polar surface area (TPSA) is 78.5 Å². The highest BCUT2D eigenvalue weighted by Crippen LogP contribution is 2.60. The summed E-state index contributed by atoms with van der Waals surface area (Å²) >= 11 is 12.2. The molecule has 4 fully saturated rings. The fourth-order valence-corrected chi connectivity index (χ4v) is 7.02. The smallest absolute Gasteiger partial charge is 0.245 e. The molecule has 0 spiro atoms. The molecule has 0 heterocycles. The zero-order chi connectivity index (χ0) is 23.9. The lowest BCUT2D eigenvalue weighted by Crippen LogP contribution is -2.58. The summed E-state index contributed by atoms with van der Waals surface area (Å²) in [7, 11) is 1.57. The zero-order valence-corrected chi connectivity index (χ0v) is 21.0. The lowest BCUT2D eigenvalue weighted by atomic mass is 9.49. The largest absolute Gasteiger partial charge is 0.344 e. The van der Waals surface area contributed by atoms with Gasteiger partial charge in [-0.25, -0.2) is 0 Å². The molecule has 180 valence electrons. The summed E-state index contributed by atoms with van der Waals surface area (Å²) in [6, 6.07) is 4.28. The minimum Gasteiger partial charge on any atom is -0.344 e. The first-order chi connectivity index (χ1) is 15.6. The Hall–Kier alpha value is -1.79. The van der Waals surface area contributed by atoms with Crippen molar-refractivity contribution in [2.75, 3.05) is 18.9 Å². The van der Waals surface area contributed by atoms with Crippen LogP contribution < -0.4 is 10.6 Å². The Balaban J connectivity index is 1.39. The first-order valence-corrected chi connectivity index (χ1v) is 12.6. The van der Waals surface area contributed by atoms with E-state index >= 15 is 0 Å². The second-order valence-electron chi connectivity index (χ2n) is 10.7. The van der Waals surface area contributed by atoms with Crippen molar-refractivity contribution in [3.8, 4) is 0 Å². The molecule has 4 aliphatic rings. The van der Waals surface area contributed by atoms with Crippen LogP contribution in [0.3, 0.4) is 0 Å². The van der Waals surface area contributed by atoms with E-state index in [0.717, 1.165) is 19.3 Å². The number of nitrogens with one attached hydrogen (secondary N) is 2. The second-order valence-corrected chi connectivity index (χ2v) is 11.5. The number of nitrogens with zero attached hydrogens (tertiary/aromatic N) is 1. The molecule has 6 nitrogen and oxygen atoms in total. The monoisotopic (exact) mass is 493 g/mol. The average Bonchev–Trinajstić information content (AvgIpc) is 2.72. The van der Waals surface area contributed by atoms with E-state index in [0.29, 0.717) is 33.5 Å². The summed E-state index contributed by atoms with van der Waals surface area (Å²) in [5, 5.41) is 6.42. The maximum atomic E-state index is 13.5. The van der Waals surface area contributed by atoms with Gasteiger partial charge in [0.15, 0.2) is 0 Å². The van der Waals surface area contributed by atoms with Crippen molar-refractivity contribution < 1.29 is 14.4 Å². The Bertz CT molecular complexity index is 893. The minimum atomic E-state index is -0.674. The van der Waals surface area contributed by atoms with Crippen molar-refractivity contribution in [1.29, 1.82) is 0 Å². The Morgan fingerprint density at radius 3 is 2.03 bits per heavy atom. The normalized spacial score (nSPS) is 28.5. The summed E-state index contributed by atoms with van der Waals surface area (Å²) in [5.74, 6) is 1.20. The van der Waals surface area contributed by atoms with Crippen LogP contribution >= 0.6 is 23.2 Å². The number of halogens is 2. The number of carbonyl (C=O) groups is 3. The van der Waals surface area contributed by atoms with Crippen molar-refractivity contribution in [2.45, 2.75) is 58.4 Å². The number of hydrogen-bond donors (Lipinski definition) is 2. The predicted molar refractivity (Wildman–Crippen MR) is 130 cm³/mol. The quantitative estimate of drug-likeness (QED) is 0.575. The zero-order valence-electron chi connectivity index (χ0n) is 19.5. The summed E-state index contributed by atoms with van der Waals surface area (Å²) in [4.78, 5) is 40.7. The molecule has 1 unspecified atom stereocenters. The molecule has 0 radical (unpaired) electrons. The molecule has 1 aromatic carbocycles. The van der Waals surface area contributed by atoms with Gasteiger partial charge in [0.2, 0.25) is 17.7 Å². The molecule has 1 aromatic rings. The third kappa shape index (κ3) is 5.02. The van der Waals surface area contributed by atoms with Crippen LogP contribution in [-0.4, -0.2) is 42.3 Å². The van der Waals surface area contributed by atoms with Crippen molar-refractivity contribution >= 4 is 46.6 Å². The molecular weight excluding hydrogens is 461 g/mol. The maximum absolute atomic E-state index is 13.5. The molecular formula is C25H33Cl2N3O3. The maximum Gasteiger partial charge on any atom is 0.245 e. The minimum absolute atomic E-state index is 0.0225. The van der Waals surface area contributed by atoms with Gasteiger partial charge in [-0.2, -0.15) is 0 Å². The van der Waals surface area contributed by atoms with E-state index in [1.165, 1.54) is 24.2 Å². The summed E-state index contributed by atoms with van der Waals surface area (Å²) in [5.41, 5.74) is 0.000980. The molecule has 0 saturated heterocycles. The summed E-state index contributed by atoms with van der Waals surface area (Å²) in [6.45, 7) is 3.66. The molecule has 4 saturated carbocycles. The molecule has 5 rings (SSSR count). The first-order valence-electron chi connectivity index (χ1n) is 11.9. The number of para-hydroxylation sites is 1. The highest BCUT2D eigenvalue weighted by Gasteiger charge is 2.55. The van der Waals surface area contributed by atoms with Crippen molar-refractivity contribution in [2.24, 2.45) is 29.1 Å². The van der Waals surface area contributed by atoms with Gasteiger partial charge in [0.25, 0.3) is 0 Å². The highest BCUT2D eigenvalue weighted by molar-refractivity contribution is 6.39. The van der Waals surface area contributed by atoms with E-state index in [1.807, 2.05) is 13.8 Å². The number of rotatable bonds is 7. The number of amides is 3. The first kappa shape index (κ1) is 24.3. The number of benzene rings is 1. The van der Waals surface area contributed by atoms with E-state index in [9.17, 15) is 14.4 Å². The fraction of sp³-hybridized carbons (Fsp3) is 0.640. The summed E-state index contributed by atoms with van der Waals surface area (Å²) in [6.07, 6.45) is 6.60. The van der Waals surface area contributed by atoms with Gasteiger partial charge >= 0.3 is 0 Å². The van der Waals surface area contributed by atoms with Gasteiger partial charge in [-0.15, -0.1) is 0 Å². The van der Waals surface area contributed by atoms with Gasteiger partial charge in [0, 0.05) is 12.5 Å².